The smallest absolute Gasteiger partial charge is 0.279 e. The quantitative estimate of drug-likeness (QED) is 0.322. The van der Waals surface area contributed by atoms with E-state index in [0.29, 0.717) is 11.4 Å². The average molecular weight is 439 g/mol. The Balaban J connectivity index is 1.90. The molecule has 160 valence electrons. The largest absolute Gasteiger partial charge is 0.295 e. The minimum absolute atomic E-state index is 0.0682. The Bertz CT molecular complexity index is 1260. The molecule has 0 aliphatic carbocycles. The fourth-order valence-corrected chi connectivity index (χ4v) is 3.99. The summed E-state index contributed by atoms with van der Waals surface area (Å²) in [6.07, 6.45) is 3.24. The molecule has 31 heavy (non-hydrogen) atoms. The number of nitro benzene ring substituents is 1. The first-order valence-corrected chi connectivity index (χ1v) is 10.7. The monoisotopic (exact) mass is 439 g/mol. The zero-order valence-electron chi connectivity index (χ0n) is 17.2. The van der Waals surface area contributed by atoms with Crippen LogP contribution in [0.3, 0.4) is 0 Å². The number of anilines is 2. The third-order valence-electron chi connectivity index (χ3n) is 4.53. The van der Waals surface area contributed by atoms with E-state index in [1.54, 1.807) is 50.5 Å². The highest BCUT2D eigenvalue weighted by Crippen LogP contribution is 2.29. The summed E-state index contributed by atoms with van der Waals surface area (Å²) in [6, 6.07) is 12.4. The molecular weight excluding hydrogens is 418 g/mol. The van der Waals surface area contributed by atoms with E-state index in [1.807, 2.05) is 13.0 Å². The van der Waals surface area contributed by atoms with Crippen LogP contribution in [0.2, 0.25) is 0 Å². The van der Waals surface area contributed by atoms with Crippen LogP contribution in [-0.4, -0.2) is 24.0 Å². The van der Waals surface area contributed by atoms with Gasteiger partial charge in [0.2, 0.25) is 0 Å². The zero-order chi connectivity index (χ0) is 22.6. The molecule has 1 aromatic heterocycles. The lowest BCUT2D eigenvalue weighted by Crippen LogP contribution is -2.14. The second-order valence-corrected chi connectivity index (χ2v) is 8.59. The van der Waals surface area contributed by atoms with Crippen molar-refractivity contribution in [1.82, 2.24) is 4.98 Å². The molecule has 0 spiro atoms. The second kappa shape index (κ2) is 8.92. The van der Waals surface area contributed by atoms with E-state index < -0.39 is 20.6 Å². The molecule has 2 aromatic carbocycles. The molecule has 10 heteroatoms. The normalized spacial score (nSPS) is 11.8. The van der Waals surface area contributed by atoms with E-state index in [1.165, 1.54) is 12.1 Å². The molecule has 0 atom stereocenters. The Morgan fingerprint density at radius 3 is 2.48 bits per heavy atom. The highest BCUT2D eigenvalue weighted by atomic mass is 32.2. The molecule has 3 aromatic rings. The van der Waals surface area contributed by atoms with Crippen molar-refractivity contribution in [2.24, 2.45) is 5.10 Å². The fourth-order valence-electron chi connectivity index (χ4n) is 2.84. The summed E-state index contributed by atoms with van der Waals surface area (Å²) in [7, 11) is -4.02. The van der Waals surface area contributed by atoms with Crippen molar-refractivity contribution in [3.8, 4) is 0 Å². The van der Waals surface area contributed by atoms with Crippen molar-refractivity contribution in [2.75, 3.05) is 10.1 Å². The van der Waals surface area contributed by atoms with Gasteiger partial charge in [0.05, 0.1) is 21.2 Å². The van der Waals surface area contributed by atoms with Crippen molar-refractivity contribution in [1.29, 1.82) is 0 Å². The molecule has 0 unspecified atom stereocenters. The molecule has 0 aliphatic heterocycles. The van der Waals surface area contributed by atoms with E-state index in [9.17, 15) is 18.5 Å². The van der Waals surface area contributed by atoms with Gasteiger partial charge in [-0.2, -0.15) is 5.10 Å². The Kier molecular flexibility index (Phi) is 6.30. The van der Waals surface area contributed by atoms with Crippen LogP contribution in [0.15, 0.2) is 70.9 Å². The van der Waals surface area contributed by atoms with Crippen LogP contribution in [0, 0.1) is 24.0 Å². The number of benzene rings is 2. The summed E-state index contributed by atoms with van der Waals surface area (Å²) in [4.78, 5) is 14.7. The maximum atomic E-state index is 12.8. The van der Waals surface area contributed by atoms with Crippen LogP contribution >= 0.6 is 0 Å². The Morgan fingerprint density at radius 1 is 1.10 bits per heavy atom. The molecule has 3 rings (SSSR count). The number of nitro groups is 1. The number of aromatic nitrogens is 1. The predicted octanol–water partition coefficient (Wildman–Crippen LogP) is 4.24. The van der Waals surface area contributed by atoms with Gasteiger partial charge in [-0.1, -0.05) is 23.8 Å². The number of aryl methyl sites for hydroxylation is 2. The zero-order valence-corrected chi connectivity index (χ0v) is 18.0. The van der Waals surface area contributed by atoms with Crippen LogP contribution in [0.25, 0.3) is 0 Å². The van der Waals surface area contributed by atoms with E-state index in [2.05, 4.69) is 20.2 Å². The summed E-state index contributed by atoms with van der Waals surface area (Å²) < 4.78 is 28.1. The summed E-state index contributed by atoms with van der Waals surface area (Å²) in [6.45, 7) is 5.41. The number of hydrogen-bond acceptors (Lipinski definition) is 7. The molecular formula is C21H21N5O4S. The van der Waals surface area contributed by atoms with Crippen molar-refractivity contribution < 1.29 is 13.3 Å². The van der Waals surface area contributed by atoms with Gasteiger partial charge in [-0.05, 0) is 50.6 Å². The van der Waals surface area contributed by atoms with Gasteiger partial charge in [-0.25, -0.2) is 8.42 Å². The van der Waals surface area contributed by atoms with E-state index in [4.69, 9.17) is 0 Å². The molecule has 0 saturated carbocycles. The maximum Gasteiger partial charge on any atom is 0.295 e. The van der Waals surface area contributed by atoms with Crippen molar-refractivity contribution in [3.63, 3.8) is 0 Å². The van der Waals surface area contributed by atoms with Crippen LogP contribution in [0.1, 0.15) is 23.6 Å². The Morgan fingerprint density at radius 2 is 1.84 bits per heavy atom. The number of nitrogens with zero attached hydrogens (tertiary/aromatic N) is 3. The highest BCUT2D eigenvalue weighted by molar-refractivity contribution is 7.92. The third-order valence-corrected chi connectivity index (χ3v) is 5.89. The molecule has 0 amide bonds. The lowest BCUT2D eigenvalue weighted by Gasteiger charge is -2.12. The first-order valence-electron chi connectivity index (χ1n) is 9.26. The molecule has 1 heterocycles. The van der Waals surface area contributed by atoms with Crippen molar-refractivity contribution in [2.45, 2.75) is 25.7 Å². The van der Waals surface area contributed by atoms with E-state index in [0.717, 1.165) is 22.8 Å². The maximum absolute atomic E-state index is 12.8. The summed E-state index contributed by atoms with van der Waals surface area (Å²) in [5.74, 6) is 0. The molecule has 2 N–H and O–H groups in total. The first-order chi connectivity index (χ1) is 14.7. The number of rotatable bonds is 7. The molecule has 0 aliphatic rings. The van der Waals surface area contributed by atoms with Crippen LogP contribution in [-0.2, 0) is 10.0 Å². The summed E-state index contributed by atoms with van der Waals surface area (Å²) in [5.41, 5.74) is 5.76. The van der Waals surface area contributed by atoms with Gasteiger partial charge < -0.3 is 0 Å². The molecule has 0 bridgehead atoms. The van der Waals surface area contributed by atoms with Gasteiger partial charge in [0.15, 0.2) is 0 Å². The van der Waals surface area contributed by atoms with Crippen LogP contribution in [0.5, 0.6) is 0 Å². The second-order valence-electron chi connectivity index (χ2n) is 6.91. The summed E-state index contributed by atoms with van der Waals surface area (Å²) in [5, 5.41) is 15.7. The summed E-state index contributed by atoms with van der Waals surface area (Å²) >= 11 is 0. The Labute approximate surface area is 180 Å². The highest BCUT2D eigenvalue weighted by Gasteiger charge is 2.22. The number of pyridine rings is 1. The van der Waals surface area contributed by atoms with Gasteiger partial charge in [0, 0.05) is 24.0 Å². The van der Waals surface area contributed by atoms with Gasteiger partial charge in [-0.3, -0.25) is 25.2 Å². The molecule has 9 nitrogen and oxygen atoms in total. The van der Waals surface area contributed by atoms with Gasteiger partial charge in [0.25, 0.3) is 15.7 Å². The van der Waals surface area contributed by atoms with Crippen molar-refractivity contribution >= 4 is 32.8 Å². The lowest BCUT2D eigenvalue weighted by molar-refractivity contribution is -0.384. The van der Waals surface area contributed by atoms with E-state index >= 15 is 0 Å². The number of hydrogen-bond donors (Lipinski definition) is 2. The number of hydrazone groups is 1. The minimum Gasteiger partial charge on any atom is -0.279 e. The van der Waals surface area contributed by atoms with Crippen molar-refractivity contribution in [3.05, 3.63) is 87.7 Å². The predicted molar refractivity (Wildman–Crippen MR) is 120 cm³/mol. The Hall–Kier alpha value is -3.79. The van der Waals surface area contributed by atoms with Gasteiger partial charge >= 0.3 is 0 Å². The van der Waals surface area contributed by atoms with E-state index in [-0.39, 0.29) is 10.6 Å². The van der Waals surface area contributed by atoms with Gasteiger partial charge in [0.1, 0.15) is 5.69 Å². The fraction of sp³-hybridized carbons (Fsp3) is 0.143. The first kappa shape index (κ1) is 21.9. The van der Waals surface area contributed by atoms with Crippen LogP contribution < -0.4 is 10.1 Å². The SMILES string of the molecule is CC(=NNc1ccc(S(=O)(=O)Nc2ccc(C)cc2C)cc1[N+](=O)[O-])c1cccnc1. The molecule has 0 radical (unpaired) electrons. The standard InChI is InChI=1S/C21H21N5O4S/c1-14-6-8-19(15(2)11-14)25-31(29,30)18-7-9-20(21(12-18)26(27)28)24-23-16(3)17-5-4-10-22-13-17/h4-13,24-25H,1-3H3. The minimum atomic E-state index is -4.02. The molecule has 0 saturated heterocycles. The topological polar surface area (TPSA) is 127 Å². The third kappa shape index (κ3) is 5.23. The van der Waals surface area contributed by atoms with Crippen LogP contribution in [0.4, 0.5) is 17.1 Å². The number of sulfonamides is 1. The number of nitrogens with one attached hydrogen (secondary N) is 2. The lowest BCUT2D eigenvalue weighted by atomic mass is 10.1. The van der Waals surface area contributed by atoms with Gasteiger partial charge in [-0.15, -0.1) is 0 Å². The average Bonchev–Trinajstić information content (AvgIpc) is 2.74. The molecule has 0 fully saturated rings.